The first-order chi connectivity index (χ1) is 12.0. The molecule has 0 aliphatic heterocycles. The molecule has 0 fully saturated rings. The van der Waals surface area contributed by atoms with Gasteiger partial charge in [0.15, 0.2) is 6.54 Å². The second-order valence-electron chi connectivity index (χ2n) is 5.55. The average Bonchev–Trinajstić information content (AvgIpc) is 2.58. The summed E-state index contributed by atoms with van der Waals surface area (Å²) in [6.45, 7) is 2.58. The number of benzene rings is 2. The molecule has 2 rings (SSSR count). The summed E-state index contributed by atoms with van der Waals surface area (Å²) in [7, 11) is 0. The molecule has 4 nitrogen and oxygen atoms in total. The highest BCUT2D eigenvalue weighted by atomic mass is 35.5. The Morgan fingerprint density at radius 3 is 2.64 bits per heavy atom. The van der Waals surface area contributed by atoms with E-state index in [0.29, 0.717) is 29.5 Å². The van der Waals surface area contributed by atoms with Crippen LogP contribution in [0.15, 0.2) is 42.5 Å². The van der Waals surface area contributed by atoms with Crippen LogP contribution in [0.4, 0.5) is 8.78 Å². The molecule has 0 spiro atoms. The molecule has 25 heavy (non-hydrogen) atoms. The van der Waals surface area contributed by atoms with Crippen molar-refractivity contribution in [2.45, 2.75) is 13.0 Å². The Bertz CT molecular complexity index is 711. The minimum Gasteiger partial charge on any atom is -0.492 e. The van der Waals surface area contributed by atoms with Gasteiger partial charge in [-0.25, -0.2) is 8.78 Å². The number of nitrogens with one attached hydrogen (secondary N) is 1. The highest BCUT2D eigenvalue weighted by Crippen LogP contribution is 2.15. The predicted octanol–water partition coefficient (Wildman–Crippen LogP) is 2.44. The lowest BCUT2D eigenvalue weighted by Crippen LogP contribution is -2.87. The van der Waals surface area contributed by atoms with Gasteiger partial charge >= 0.3 is 0 Å². The number of carbonyl (C=O) groups excluding carboxylic acids is 1. The van der Waals surface area contributed by atoms with Gasteiger partial charge in [0, 0.05) is 16.7 Å². The van der Waals surface area contributed by atoms with Gasteiger partial charge in [-0.3, -0.25) is 4.79 Å². The zero-order chi connectivity index (χ0) is 18.2. The molecule has 0 saturated carbocycles. The van der Waals surface area contributed by atoms with Gasteiger partial charge in [-0.05, 0) is 43.3 Å². The van der Waals surface area contributed by atoms with Crippen LogP contribution in [0.2, 0.25) is 5.02 Å². The van der Waals surface area contributed by atoms with Gasteiger partial charge < -0.3 is 15.4 Å². The second-order valence-corrected chi connectivity index (χ2v) is 5.98. The van der Waals surface area contributed by atoms with E-state index in [2.05, 4.69) is 5.32 Å². The summed E-state index contributed by atoms with van der Waals surface area (Å²) in [4.78, 5) is 11.8. The molecular weight excluding hydrogens is 350 g/mol. The van der Waals surface area contributed by atoms with E-state index >= 15 is 0 Å². The maximum Gasteiger partial charge on any atom is 0.275 e. The topological polar surface area (TPSA) is 54.9 Å². The molecule has 2 aromatic rings. The van der Waals surface area contributed by atoms with Gasteiger partial charge in [-0.15, -0.1) is 0 Å². The van der Waals surface area contributed by atoms with Crippen LogP contribution in [0.3, 0.4) is 0 Å². The fourth-order valence-electron chi connectivity index (χ4n) is 2.24. The first kappa shape index (κ1) is 19.1. The Morgan fingerprint density at radius 1 is 1.24 bits per heavy atom. The molecule has 0 radical (unpaired) electrons. The molecule has 1 atom stereocenters. The Balaban J connectivity index is 1.67. The summed E-state index contributed by atoms with van der Waals surface area (Å²) in [6.07, 6.45) is 0. The van der Waals surface area contributed by atoms with Gasteiger partial charge in [0.05, 0.1) is 6.54 Å². The van der Waals surface area contributed by atoms with Crippen molar-refractivity contribution >= 4 is 17.5 Å². The third kappa shape index (κ3) is 6.32. The Morgan fingerprint density at radius 2 is 1.96 bits per heavy atom. The summed E-state index contributed by atoms with van der Waals surface area (Å²) in [6, 6.07) is 10.1. The molecule has 0 saturated heterocycles. The van der Waals surface area contributed by atoms with E-state index in [9.17, 15) is 13.6 Å². The predicted molar refractivity (Wildman–Crippen MR) is 91.5 cm³/mol. The van der Waals surface area contributed by atoms with E-state index in [4.69, 9.17) is 16.3 Å². The van der Waals surface area contributed by atoms with Crippen molar-refractivity contribution in [1.82, 2.24) is 5.32 Å². The summed E-state index contributed by atoms with van der Waals surface area (Å²) < 4.78 is 32.0. The van der Waals surface area contributed by atoms with E-state index in [1.54, 1.807) is 36.5 Å². The Hall–Kier alpha value is -2.18. The molecule has 7 heteroatoms. The van der Waals surface area contributed by atoms with E-state index < -0.39 is 11.6 Å². The van der Waals surface area contributed by atoms with Gasteiger partial charge in [0.1, 0.15) is 30.0 Å². The van der Waals surface area contributed by atoms with Crippen LogP contribution in [-0.4, -0.2) is 25.6 Å². The molecule has 0 bridgehead atoms. The maximum absolute atomic E-state index is 13.7. The summed E-state index contributed by atoms with van der Waals surface area (Å²) >= 11 is 5.78. The number of carbonyl (C=O) groups is 1. The number of hydrogen-bond acceptors (Lipinski definition) is 2. The first-order valence-corrected chi connectivity index (χ1v) is 8.27. The second kappa shape index (κ2) is 9.34. The number of hydrogen-bond donors (Lipinski definition) is 2. The largest absolute Gasteiger partial charge is 0.492 e. The van der Waals surface area contributed by atoms with Gasteiger partial charge in [-0.2, -0.15) is 0 Å². The standard InChI is InChI=1S/C18H19ClF2N2O2/c1-12(16-7-4-14(20)10-17(16)21)23-11-18(24)22-8-9-25-15-5-2-13(19)3-6-15/h2-7,10,12,23H,8-9,11H2,1H3,(H,22,24)/p+1/t12-/m0/s1. The molecule has 0 aromatic heterocycles. The van der Waals surface area contributed by atoms with Crippen molar-refractivity contribution in [2.24, 2.45) is 0 Å². The third-order valence-electron chi connectivity index (χ3n) is 3.62. The van der Waals surface area contributed by atoms with Gasteiger partial charge in [-0.1, -0.05) is 11.6 Å². The van der Waals surface area contributed by atoms with Crippen LogP contribution in [-0.2, 0) is 4.79 Å². The molecule has 0 aliphatic rings. The Kier molecular flexibility index (Phi) is 7.16. The molecule has 3 N–H and O–H groups in total. The summed E-state index contributed by atoms with van der Waals surface area (Å²) in [5.74, 6) is -0.743. The van der Waals surface area contributed by atoms with Gasteiger partial charge in [0.25, 0.3) is 5.91 Å². The highest BCUT2D eigenvalue weighted by Gasteiger charge is 2.15. The molecule has 1 amide bonds. The number of nitrogens with two attached hydrogens (primary N) is 1. The molecule has 134 valence electrons. The SMILES string of the molecule is C[C@H]([NH2+]CC(=O)NCCOc1ccc(Cl)cc1)c1ccc(F)cc1F. The van der Waals surface area contributed by atoms with Crippen LogP contribution in [0, 0.1) is 11.6 Å². The average molecular weight is 370 g/mol. The number of rotatable bonds is 8. The van der Waals surface area contributed by atoms with E-state index in [0.717, 1.165) is 6.07 Å². The number of ether oxygens (including phenoxy) is 1. The van der Waals surface area contributed by atoms with E-state index in [1.807, 2.05) is 0 Å². The lowest BCUT2D eigenvalue weighted by Gasteiger charge is -2.12. The quantitative estimate of drug-likeness (QED) is 0.702. The smallest absolute Gasteiger partial charge is 0.275 e. The fourth-order valence-corrected chi connectivity index (χ4v) is 2.37. The summed E-state index contributed by atoms with van der Waals surface area (Å²) in [5.41, 5.74) is 0.361. The maximum atomic E-state index is 13.7. The van der Waals surface area contributed by atoms with Gasteiger partial charge in [0.2, 0.25) is 0 Å². The fraction of sp³-hybridized carbons (Fsp3) is 0.278. The molecule has 0 heterocycles. The minimum atomic E-state index is -0.619. The first-order valence-electron chi connectivity index (χ1n) is 7.89. The van der Waals surface area contributed by atoms with Crippen molar-refractivity contribution in [1.29, 1.82) is 0 Å². The highest BCUT2D eigenvalue weighted by molar-refractivity contribution is 6.30. The summed E-state index contributed by atoms with van der Waals surface area (Å²) in [5, 5.41) is 5.03. The monoisotopic (exact) mass is 369 g/mol. The lowest BCUT2D eigenvalue weighted by molar-refractivity contribution is -0.682. The van der Waals surface area contributed by atoms with E-state index in [1.165, 1.54) is 12.1 Å². The molecular formula is C18H20ClF2N2O2+. The van der Waals surface area contributed by atoms with Crippen molar-refractivity contribution in [2.75, 3.05) is 19.7 Å². The molecule has 0 unspecified atom stereocenters. The molecule has 0 aliphatic carbocycles. The number of halogens is 3. The van der Waals surface area contributed by atoms with Crippen LogP contribution in [0.1, 0.15) is 18.5 Å². The minimum absolute atomic E-state index is 0.138. The number of quaternary nitrogens is 1. The zero-order valence-corrected chi connectivity index (χ0v) is 14.5. The van der Waals surface area contributed by atoms with Crippen LogP contribution in [0.25, 0.3) is 0 Å². The zero-order valence-electron chi connectivity index (χ0n) is 13.8. The Labute approximate surface area is 150 Å². The van der Waals surface area contributed by atoms with Crippen LogP contribution < -0.4 is 15.4 Å². The van der Waals surface area contributed by atoms with Crippen molar-refractivity contribution < 1.29 is 23.6 Å². The van der Waals surface area contributed by atoms with E-state index in [-0.39, 0.29) is 18.5 Å². The third-order valence-corrected chi connectivity index (χ3v) is 3.87. The lowest BCUT2D eigenvalue weighted by atomic mass is 10.1. The van der Waals surface area contributed by atoms with Crippen molar-refractivity contribution in [3.8, 4) is 5.75 Å². The van der Waals surface area contributed by atoms with Crippen LogP contribution >= 0.6 is 11.6 Å². The van der Waals surface area contributed by atoms with Crippen LogP contribution in [0.5, 0.6) is 5.75 Å². The number of amides is 1. The molecule has 2 aromatic carbocycles. The normalized spacial score (nSPS) is 11.8. The van der Waals surface area contributed by atoms with Crippen molar-refractivity contribution in [3.05, 3.63) is 64.7 Å². The van der Waals surface area contributed by atoms with Crippen molar-refractivity contribution in [3.63, 3.8) is 0 Å².